The second kappa shape index (κ2) is 7.13. The van der Waals surface area contributed by atoms with E-state index in [4.69, 9.17) is 9.47 Å². The molecule has 0 atom stereocenters. The van der Waals surface area contributed by atoms with Crippen LogP contribution in [0.1, 0.15) is 5.56 Å². The minimum Gasteiger partial charge on any atom is -0.454 e. The Balaban J connectivity index is 1.49. The maximum Gasteiger partial charge on any atom is 0.244 e. The molecule has 7 heteroatoms. The molecule has 2 amide bonds. The molecule has 1 N–H and O–H groups in total. The summed E-state index contributed by atoms with van der Waals surface area (Å²) in [5.74, 6) is 1.22. The number of ether oxygens (including phenoxy) is 2. The van der Waals surface area contributed by atoms with Gasteiger partial charge in [0.05, 0.1) is 11.4 Å². The summed E-state index contributed by atoms with van der Waals surface area (Å²) in [6.07, 6.45) is 0. The van der Waals surface area contributed by atoms with E-state index in [9.17, 15) is 9.59 Å². The van der Waals surface area contributed by atoms with E-state index in [0.717, 1.165) is 11.3 Å². The molecule has 2 heterocycles. The average molecular weight is 368 g/mol. The second-order valence-electron chi connectivity index (χ2n) is 5.78. The normalized spacial score (nSPS) is 15.6. The van der Waals surface area contributed by atoms with Crippen molar-refractivity contribution in [2.24, 2.45) is 0 Å². The monoisotopic (exact) mass is 368 g/mol. The van der Waals surface area contributed by atoms with E-state index >= 15 is 0 Å². The highest BCUT2D eigenvalue weighted by atomic mass is 32.2. The number of hydrogen-bond donors (Lipinski definition) is 1. The number of fused-ring (bicyclic) bond motifs is 1. The van der Waals surface area contributed by atoms with Gasteiger partial charge in [-0.3, -0.25) is 9.59 Å². The van der Waals surface area contributed by atoms with Gasteiger partial charge in [0.15, 0.2) is 11.5 Å². The van der Waals surface area contributed by atoms with Gasteiger partial charge in [-0.1, -0.05) is 30.3 Å². The number of nitrogens with zero attached hydrogens (tertiary/aromatic N) is 1. The number of hydrogen-bond acceptors (Lipinski definition) is 5. The highest BCUT2D eigenvalue weighted by molar-refractivity contribution is 8.03. The predicted molar refractivity (Wildman–Crippen MR) is 99.8 cm³/mol. The molecule has 132 valence electrons. The summed E-state index contributed by atoms with van der Waals surface area (Å²) in [7, 11) is 0. The van der Waals surface area contributed by atoms with Crippen LogP contribution in [0, 0.1) is 0 Å². The maximum atomic E-state index is 12.5. The van der Waals surface area contributed by atoms with Gasteiger partial charge >= 0.3 is 0 Å². The van der Waals surface area contributed by atoms with Crippen molar-refractivity contribution in [2.75, 3.05) is 24.4 Å². The molecule has 0 bridgehead atoms. The molecule has 0 aliphatic carbocycles. The first kappa shape index (κ1) is 16.5. The van der Waals surface area contributed by atoms with E-state index in [0.29, 0.717) is 22.9 Å². The van der Waals surface area contributed by atoms with Crippen LogP contribution in [0.3, 0.4) is 0 Å². The fraction of sp³-hybridized carbons (Fsp3) is 0.158. The Morgan fingerprint density at radius 1 is 1.12 bits per heavy atom. The molecular weight excluding hydrogens is 352 g/mol. The first-order chi connectivity index (χ1) is 12.7. The minimum atomic E-state index is -0.272. The van der Waals surface area contributed by atoms with Crippen molar-refractivity contribution < 1.29 is 19.1 Å². The SMILES string of the molecule is O=C(CN1C(=O)CSC=C1c1ccccc1)Nc1ccc2c(c1)OCO2. The van der Waals surface area contributed by atoms with Crippen molar-refractivity contribution in [3.63, 3.8) is 0 Å². The van der Waals surface area contributed by atoms with E-state index in [1.807, 2.05) is 35.7 Å². The number of anilines is 1. The van der Waals surface area contributed by atoms with Crippen LogP contribution in [-0.4, -0.2) is 35.8 Å². The molecule has 0 radical (unpaired) electrons. The molecule has 0 aromatic heterocycles. The zero-order valence-electron chi connectivity index (χ0n) is 13.8. The van der Waals surface area contributed by atoms with Crippen molar-refractivity contribution in [1.82, 2.24) is 4.90 Å². The standard InChI is InChI=1S/C19H16N2O4S/c22-18(20-14-6-7-16-17(8-14)25-12-24-16)9-21-15(10-26-11-19(21)23)13-4-2-1-3-5-13/h1-8,10H,9,11-12H2,(H,20,22). The Bertz CT molecular complexity index is 882. The molecule has 26 heavy (non-hydrogen) atoms. The van der Waals surface area contributed by atoms with Crippen LogP contribution in [0.4, 0.5) is 5.69 Å². The molecule has 0 saturated carbocycles. The Hall–Kier alpha value is -2.93. The van der Waals surface area contributed by atoms with Gasteiger partial charge in [-0.2, -0.15) is 0 Å². The first-order valence-electron chi connectivity index (χ1n) is 8.08. The second-order valence-corrected chi connectivity index (χ2v) is 6.63. The van der Waals surface area contributed by atoms with Crippen LogP contribution in [0.2, 0.25) is 0 Å². The van der Waals surface area contributed by atoms with Gasteiger partial charge < -0.3 is 19.7 Å². The third-order valence-corrected chi connectivity index (χ3v) is 4.82. The van der Waals surface area contributed by atoms with Crippen molar-refractivity contribution >= 4 is 35.0 Å². The van der Waals surface area contributed by atoms with E-state index in [-0.39, 0.29) is 25.2 Å². The molecular formula is C19H16N2O4S. The number of carbonyl (C=O) groups is 2. The third-order valence-electron chi connectivity index (χ3n) is 4.02. The van der Waals surface area contributed by atoms with Crippen molar-refractivity contribution in [2.45, 2.75) is 0 Å². The molecule has 0 saturated heterocycles. The van der Waals surface area contributed by atoms with Crippen LogP contribution in [0.15, 0.2) is 53.9 Å². The molecule has 2 aliphatic heterocycles. The quantitative estimate of drug-likeness (QED) is 0.899. The zero-order valence-corrected chi connectivity index (χ0v) is 14.6. The third kappa shape index (κ3) is 3.39. The van der Waals surface area contributed by atoms with Gasteiger partial charge in [-0.15, -0.1) is 11.8 Å². The average Bonchev–Trinajstić information content (AvgIpc) is 3.12. The van der Waals surface area contributed by atoms with Crippen molar-refractivity contribution in [3.8, 4) is 11.5 Å². The highest BCUT2D eigenvalue weighted by Crippen LogP contribution is 2.34. The van der Waals surface area contributed by atoms with Crippen molar-refractivity contribution in [1.29, 1.82) is 0 Å². The number of carbonyl (C=O) groups excluding carboxylic acids is 2. The summed E-state index contributed by atoms with van der Waals surface area (Å²) in [5.41, 5.74) is 2.25. The summed E-state index contributed by atoms with van der Waals surface area (Å²) in [6, 6.07) is 14.8. The van der Waals surface area contributed by atoms with E-state index < -0.39 is 0 Å². The van der Waals surface area contributed by atoms with Gasteiger partial charge in [-0.05, 0) is 23.1 Å². The summed E-state index contributed by atoms with van der Waals surface area (Å²) in [6.45, 7) is 0.131. The highest BCUT2D eigenvalue weighted by Gasteiger charge is 2.25. The van der Waals surface area contributed by atoms with E-state index in [1.54, 1.807) is 18.2 Å². The lowest BCUT2D eigenvalue weighted by Crippen LogP contribution is -2.39. The van der Waals surface area contributed by atoms with Gasteiger partial charge in [0, 0.05) is 11.8 Å². The summed E-state index contributed by atoms with van der Waals surface area (Å²) >= 11 is 1.44. The van der Waals surface area contributed by atoms with Gasteiger partial charge in [0.2, 0.25) is 18.6 Å². The predicted octanol–water partition coefficient (Wildman–Crippen LogP) is 2.93. The molecule has 0 spiro atoms. The molecule has 0 fully saturated rings. The van der Waals surface area contributed by atoms with Crippen LogP contribution in [0.25, 0.3) is 5.70 Å². The Kier molecular flexibility index (Phi) is 4.53. The maximum absolute atomic E-state index is 12.5. The van der Waals surface area contributed by atoms with Crippen LogP contribution in [-0.2, 0) is 9.59 Å². The van der Waals surface area contributed by atoms with Crippen LogP contribution >= 0.6 is 11.8 Å². The Morgan fingerprint density at radius 2 is 1.92 bits per heavy atom. The molecule has 2 aromatic carbocycles. The van der Waals surface area contributed by atoms with Crippen LogP contribution in [0.5, 0.6) is 11.5 Å². The lowest BCUT2D eigenvalue weighted by atomic mass is 10.1. The topological polar surface area (TPSA) is 67.9 Å². The number of benzene rings is 2. The smallest absolute Gasteiger partial charge is 0.244 e. The summed E-state index contributed by atoms with van der Waals surface area (Å²) in [4.78, 5) is 26.4. The number of thioether (sulfide) groups is 1. The fourth-order valence-corrected chi connectivity index (χ4v) is 3.60. The van der Waals surface area contributed by atoms with E-state index in [1.165, 1.54) is 16.7 Å². The summed E-state index contributed by atoms with van der Waals surface area (Å²) in [5, 5.41) is 4.73. The summed E-state index contributed by atoms with van der Waals surface area (Å²) < 4.78 is 10.6. The van der Waals surface area contributed by atoms with E-state index in [2.05, 4.69) is 5.32 Å². The zero-order chi connectivity index (χ0) is 17.9. The Morgan fingerprint density at radius 3 is 2.77 bits per heavy atom. The van der Waals surface area contributed by atoms with Gasteiger partial charge in [0.1, 0.15) is 6.54 Å². The minimum absolute atomic E-state index is 0.0471. The van der Waals surface area contributed by atoms with Crippen LogP contribution < -0.4 is 14.8 Å². The molecule has 4 rings (SSSR count). The fourth-order valence-electron chi connectivity index (χ4n) is 2.79. The molecule has 0 unspecified atom stereocenters. The Labute approximate surface area is 154 Å². The van der Waals surface area contributed by atoms with Gasteiger partial charge in [0.25, 0.3) is 0 Å². The number of rotatable bonds is 4. The lowest BCUT2D eigenvalue weighted by molar-refractivity contribution is -0.129. The molecule has 2 aliphatic rings. The number of amides is 2. The van der Waals surface area contributed by atoms with Crippen molar-refractivity contribution in [3.05, 3.63) is 59.5 Å². The molecule has 6 nitrogen and oxygen atoms in total. The number of nitrogens with one attached hydrogen (secondary N) is 1. The largest absolute Gasteiger partial charge is 0.454 e. The first-order valence-corrected chi connectivity index (χ1v) is 9.12. The molecule has 2 aromatic rings. The lowest BCUT2D eigenvalue weighted by Gasteiger charge is -2.28. The van der Waals surface area contributed by atoms with Gasteiger partial charge in [-0.25, -0.2) is 0 Å².